The molecule has 20 heavy (non-hydrogen) atoms. The summed E-state index contributed by atoms with van der Waals surface area (Å²) >= 11 is 3.35. The number of nitrogens with zero attached hydrogens (tertiary/aromatic N) is 1. The van der Waals surface area contributed by atoms with E-state index in [9.17, 15) is 4.79 Å². The highest BCUT2D eigenvalue weighted by Crippen LogP contribution is 2.17. The van der Waals surface area contributed by atoms with Gasteiger partial charge in [-0.1, -0.05) is 40.2 Å². The number of carbonyl (C=O) groups excluding carboxylic acids is 1. The fourth-order valence-electron chi connectivity index (χ4n) is 1.64. The van der Waals surface area contributed by atoms with Gasteiger partial charge in [0.25, 0.3) is 5.91 Å². The van der Waals surface area contributed by atoms with Crippen molar-refractivity contribution >= 4 is 27.5 Å². The van der Waals surface area contributed by atoms with Gasteiger partial charge < -0.3 is 4.74 Å². The summed E-state index contributed by atoms with van der Waals surface area (Å²) in [6.07, 6.45) is 0. The normalized spacial score (nSPS) is 9.90. The average Bonchev–Trinajstić information content (AvgIpc) is 2.46. The molecule has 0 radical (unpaired) electrons. The lowest BCUT2D eigenvalue weighted by molar-refractivity contribution is -0.123. The molecule has 5 heteroatoms. The molecule has 0 aliphatic carbocycles. The largest absolute Gasteiger partial charge is 0.484 e. The monoisotopic (exact) mass is 334 g/mol. The fraction of sp³-hybridized carbons (Fsp3) is 0.133. The second-order valence-electron chi connectivity index (χ2n) is 4.18. The first-order valence-electron chi connectivity index (χ1n) is 6.12. The first kappa shape index (κ1) is 14.4. The molecule has 0 saturated heterocycles. The summed E-state index contributed by atoms with van der Waals surface area (Å²) in [6.45, 7) is -0.0341. The van der Waals surface area contributed by atoms with E-state index in [1.54, 1.807) is 18.1 Å². The van der Waals surface area contributed by atoms with Crippen molar-refractivity contribution in [1.82, 2.24) is 5.43 Å². The minimum atomic E-state index is -0.212. The molecule has 0 fully saturated rings. The molecule has 0 unspecified atom stereocenters. The van der Waals surface area contributed by atoms with E-state index < -0.39 is 0 Å². The predicted molar refractivity (Wildman–Crippen MR) is 82.6 cm³/mol. The van der Waals surface area contributed by atoms with E-state index in [4.69, 9.17) is 4.74 Å². The van der Waals surface area contributed by atoms with E-state index in [-0.39, 0.29) is 12.5 Å². The van der Waals surface area contributed by atoms with E-state index in [0.717, 1.165) is 10.2 Å². The molecule has 4 nitrogen and oxygen atoms in total. The number of hydrogen-bond acceptors (Lipinski definition) is 3. The number of amides is 1. The van der Waals surface area contributed by atoms with Crippen LogP contribution < -0.4 is 15.2 Å². The van der Waals surface area contributed by atoms with Crippen LogP contribution >= 0.6 is 15.9 Å². The number of hydrogen-bond donors (Lipinski definition) is 1. The number of para-hydroxylation sites is 1. The number of hydrazine groups is 1. The molecule has 104 valence electrons. The van der Waals surface area contributed by atoms with E-state index in [1.807, 2.05) is 48.5 Å². The van der Waals surface area contributed by atoms with Crippen molar-refractivity contribution in [2.24, 2.45) is 0 Å². The molecule has 0 heterocycles. The zero-order valence-electron chi connectivity index (χ0n) is 11.0. The number of nitrogens with one attached hydrogen (secondary N) is 1. The van der Waals surface area contributed by atoms with Crippen LogP contribution in [0.4, 0.5) is 5.69 Å². The third kappa shape index (κ3) is 4.28. The van der Waals surface area contributed by atoms with Gasteiger partial charge >= 0.3 is 0 Å². The van der Waals surface area contributed by atoms with Gasteiger partial charge in [0.05, 0.1) is 5.69 Å². The Hall–Kier alpha value is -2.01. The summed E-state index contributed by atoms with van der Waals surface area (Å²) in [7, 11) is 1.78. The van der Waals surface area contributed by atoms with E-state index in [2.05, 4.69) is 21.4 Å². The van der Waals surface area contributed by atoms with Gasteiger partial charge in [0.15, 0.2) is 6.61 Å². The summed E-state index contributed by atoms with van der Waals surface area (Å²) < 4.78 is 6.33. The zero-order chi connectivity index (χ0) is 14.4. The van der Waals surface area contributed by atoms with Crippen LogP contribution in [-0.4, -0.2) is 19.6 Å². The summed E-state index contributed by atoms with van der Waals surface area (Å²) in [5.74, 6) is 0.438. The lowest BCUT2D eigenvalue weighted by Crippen LogP contribution is -2.41. The van der Waals surface area contributed by atoms with Gasteiger partial charge in [-0.15, -0.1) is 0 Å². The van der Waals surface area contributed by atoms with Crippen molar-refractivity contribution in [3.63, 3.8) is 0 Å². The quantitative estimate of drug-likeness (QED) is 0.854. The van der Waals surface area contributed by atoms with Crippen molar-refractivity contribution in [3.05, 3.63) is 59.1 Å². The zero-order valence-corrected chi connectivity index (χ0v) is 12.6. The molecule has 0 aliphatic rings. The first-order valence-corrected chi connectivity index (χ1v) is 6.91. The van der Waals surface area contributed by atoms with Gasteiger partial charge in [-0.3, -0.25) is 15.2 Å². The molecule has 2 rings (SSSR count). The lowest BCUT2D eigenvalue weighted by Gasteiger charge is -2.20. The number of benzene rings is 2. The smallest absolute Gasteiger partial charge is 0.276 e. The molecular weight excluding hydrogens is 320 g/mol. The predicted octanol–water partition coefficient (Wildman–Crippen LogP) is 3.00. The molecule has 1 amide bonds. The number of carbonyl (C=O) groups is 1. The van der Waals surface area contributed by atoms with Crippen LogP contribution in [0.3, 0.4) is 0 Å². The summed E-state index contributed by atoms with van der Waals surface area (Å²) in [5.41, 5.74) is 3.64. The van der Waals surface area contributed by atoms with Crippen LogP contribution in [0.1, 0.15) is 0 Å². The van der Waals surface area contributed by atoms with Gasteiger partial charge in [-0.05, 0) is 30.3 Å². The standard InChI is InChI=1S/C15H15BrN2O2/c1-18(13-7-3-2-4-8-13)17-15(19)11-20-14-9-5-6-12(16)10-14/h2-10H,11H2,1H3,(H,17,19). The molecule has 0 saturated carbocycles. The molecule has 0 aromatic heterocycles. The van der Waals surface area contributed by atoms with Crippen molar-refractivity contribution in [1.29, 1.82) is 0 Å². The molecule has 2 aromatic rings. The molecule has 0 aliphatic heterocycles. The maximum absolute atomic E-state index is 11.8. The van der Waals surface area contributed by atoms with Gasteiger partial charge in [0.2, 0.25) is 0 Å². The fourth-order valence-corrected chi connectivity index (χ4v) is 2.02. The highest BCUT2D eigenvalue weighted by Gasteiger charge is 2.06. The van der Waals surface area contributed by atoms with E-state index >= 15 is 0 Å². The SMILES string of the molecule is CN(NC(=O)COc1cccc(Br)c1)c1ccccc1. The topological polar surface area (TPSA) is 41.6 Å². The molecule has 0 bridgehead atoms. The maximum atomic E-state index is 11.8. The van der Waals surface area contributed by atoms with Crippen LogP contribution in [0.2, 0.25) is 0 Å². The summed E-state index contributed by atoms with van der Waals surface area (Å²) in [6, 6.07) is 16.9. The number of rotatable bonds is 5. The van der Waals surface area contributed by atoms with E-state index in [1.165, 1.54) is 0 Å². The Morgan fingerprint density at radius 1 is 1.20 bits per heavy atom. The third-order valence-electron chi connectivity index (χ3n) is 2.60. The maximum Gasteiger partial charge on any atom is 0.276 e. The Bertz CT molecular complexity index is 575. The van der Waals surface area contributed by atoms with Gasteiger partial charge in [-0.25, -0.2) is 0 Å². The second-order valence-corrected chi connectivity index (χ2v) is 5.09. The van der Waals surface area contributed by atoms with Crippen molar-refractivity contribution in [2.45, 2.75) is 0 Å². The Morgan fingerprint density at radius 3 is 2.65 bits per heavy atom. The first-order chi connectivity index (χ1) is 9.65. The Morgan fingerprint density at radius 2 is 1.95 bits per heavy atom. The van der Waals surface area contributed by atoms with Crippen LogP contribution in [0.15, 0.2) is 59.1 Å². The van der Waals surface area contributed by atoms with Gasteiger partial charge in [0.1, 0.15) is 5.75 Å². The van der Waals surface area contributed by atoms with Crippen LogP contribution in [-0.2, 0) is 4.79 Å². The minimum absolute atomic E-state index is 0.0341. The van der Waals surface area contributed by atoms with Crippen molar-refractivity contribution < 1.29 is 9.53 Å². The highest BCUT2D eigenvalue weighted by atomic mass is 79.9. The van der Waals surface area contributed by atoms with Crippen LogP contribution in [0.5, 0.6) is 5.75 Å². The minimum Gasteiger partial charge on any atom is -0.484 e. The summed E-state index contributed by atoms with van der Waals surface area (Å²) in [4.78, 5) is 11.8. The Kier molecular flexibility index (Phi) is 5.01. The number of ether oxygens (including phenoxy) is 1. The third-order valence-corrected chi connectivity index (χ3v) is 3.10. The highest BCUT2D eigenvalue weighted by molar-refractivity contribution is 9.10. The van der Waals surface area contributed by atoms with Crippen molar-refractivity contribution in [2.75, 3.05) is 18.7 Å². The van der Waals surface area contributed by atoms with Crippen LogP contribution in [0.25, 0.3) is 0 Å². The summed E-state index contributed by atoms with van der Waals surface area (Å²) in [5, 5.41) is 1.66. The molecule has 1 N–H and O–H groups in total. The average molecular weight is 335 g/mol. The molecule has 2 aromatic carbocycles. The number of halogens is 1. The van der Waals surface area contributed by atoms with Gasteiger partial charge in [-0.2, -0.15) is 0 Å². The Labute approximate surface area is 126 Å². The van der Waals surface area contributed by atoms with Crippen molar-refractivity contribution in [3.8, 4) is 5.75 Å². The van der Waals surface area contributed by atoms with E-state index in [0.29, 0.717) is 5.75 Å². The lowest BCUT2D eigenvalue weighted by atomic mass is 10.3. The molecule has 0 spiro atoms. The van der Waals surface area contributed by atoms with Crippen LogP contribution in [0, 0.1) is 0 Å². The van der Waals surface area contributed by atoms with Gasteiger partial charge in [0, 0.05) is 11.5 Å². The number of anilines is 1. The Balaban J connectivity index is 1.84. The molecule has 0 atom stereocenters. The molecular formula is C15H15BrN2O2. The second kappa shape index (κ2) is 6.96.